The third kappa shape index (κ3) is 7.94. The van der Waals surface area contributed by atoms with Crippen molar-refractivity contribution >= 4 is 23.5 Å². The summed E-state index contributed by atoms with van der Waals surface area (Å²) < 4.78 is 11.9. The Morgan fingerprint density at radius 3 is 2.17 bits per heavy atom. The molecule has 0 fully saturated rings. The third-order valence-electron chi connectivity index (χ3n) is 5.97. The Bertz CT molecular complexity index is 1440. The number of nitrogens with one attached hydrogen (secondary N) is 2. The Balaban J connectivity index is 1.52. The highest BCUT2D eigenvalue weighted by atomic mass is 16.5. The summed E-state index contributed by atoms with van der Waals surface area (Å²) in [7, 11) is 0. The average molecular weight is 539 g/mol. The van der Waals surface area contributed by atoms with E-state index in [2.05, 4.69) is 10.6 Å². The molecule has 2 amide bonds. The lowest BCUT2D eigenvalue weighted by atomic mass is 10.1. The monoisotopic (exact) mass is 538 g/mol. The van der Waals surface area contributed by atoms with Crippen LogP contribution >= 0.6 is 0 Å². The number of amides is 2. The van der Waals surface area contributed by atoms with Gasteiger partial charge in [0.05, 0.1) is 17.9 Å². The lowest BCUT2D eigenvalue weighted by molar-refractivity contribution is -0.137. The van der Waals surface area contributed by atoms with Gasteiger partial charge in [0, 0.05) is 24.1 Å². The van der Waals surface area contributed by atoms with Gasteiger partial charge in [-0.1, -0.05) is 72.8 Å². The van der Waals surface area contributed by atoms with E-state index in [1.165, 1.54) is 0 Å². The van der Waals surface area contributed by atoms with Gasteiger partial charge in [-0.25, -0.2) is 0 Å². The van der Waals surface area contributed by atoms with E-state index in [0.29, 0.717) is 40.5 Å². The summed E-state index contributed by atoms with van der Waals surface area (Å²) in [5.74, 6) is -0.787. The zero-order valence-corrected chi connectivity index (χ0v) is 21.8. The van der Waals surface area contributed by atoms with Crippen molar-refractivity contribution in [2.75, 3.05) is 11.9 Å². The Labute approximate surface area is 232 Å². The number of carbonyl (C=O) groups excluding carboxylic acids is 2. The normalized spacial score (nSPS) is 10.4. The molecule has 3 N–H and O–H groups in total. The van der Waals surface area contributed by atoms with Gasteiger partial charge in [-0.2, -0.15) is 0 Å². The molecule has 0 heterocycles. The van der Waals surface area contributed by atoms with Crippen LogP contribution in [-0.2, 0) is 17.9 Å². The standard InChI is InChI=1S/C32H30N2O6/c35-29(36)19-10-20-39-30-25(21-33-31(37)24-13-5-2-6-14-24)15-9-17-27(30)34-32(38)26-16-7-8-18-28(26)40-22-23-11-3-1-4-12-23/h1-9,11-18H,10,19-22H2,(H,33,37)(H,34,38)(H,35,36). The fourth-order valence-electron chi connectivity index (χ4n) is 3.96. The molecule has 40 heavy (non-hydrogen) atoms. The van der Waals surface area contributed by atoms with Crippen molar-refractivity contribution < 1.29 is 29.0 Å². The molecule has 0 aliphatic carbocycles. The topological polar surface area (TPSA) is 114 Å². The minimum atomic E-state index is -0.923. The maximum absolute atomic E-state index is 13.4. The maximum atomic E-state index is 13.4. The van der Waals surface area contributed by atoms with Crippen molar-refractivity contribution in [2.45, 2.75) is 26.0 Å². The number of rotatable bonds is 13. The van der Waals surface area contributed by atoms with E-state index >= 15 is 0 Å². The summed E-state index contributed by atoms with van der Waals surface area (Å²) in [6.07, 6.45) is 0.227. The second-order valence-corrected chi connectivity index (χ2v) is 8.91. The molecular weight excluding hydrogens is 508 g/mol. The van der Waals surface area contributed by atoms with Crippen molar-refractivity contribution in [3.63, 3.8) is 0 Å². The fraction of sp³-hybridized carbons (Fsp3) is 0.156. The summed E-state index contributed by atoms with van der Waals surface area (Å²) in [6, 6.07) is 30.7. The molecule has 8 nitrogen and oxygen atoms in total. The van der Waals surface area contributed by atoms with E-state index in [1.54, 1.807) is 66.7 Å². The van der Waals surface area contributed by atoms with Crippen molar-refractivity contribution in [3.8, 4) is 11.5 Å². The molecule has 0 aliphatic rings. The minimum absolute atomic E-state index is 0.0548. The molecule has 4 aromatic carbocycles. The molecule has 0 atom stereocenters. The average Bonchev–Trinajstić information content (AvgIpc) is 2.98. The van der Waals surface area contributed by atoms with Crippen molar-refractivity contribution in [1.29, 1.82) is 0 Å². The Morgan fingerprint density at radius 1 is 0.725 bits per heavy atom. The smallest absolute Gasteiger partial charge is 0.303 e. The summed E-state index contributed by atoms with van der Waals surface area (Å²) >= 11 is 0. The van der Waals surface area contributed by atoms with Gasteiger partial charge < -0.3 is 25.2 Å². The lowest BCUT2D eigenvalue weighted by Crippen LogP contribution is -2.23. The second-order valence-electron chi connectivity index (χ2n) is 8.91. The Hall–Kier alpha value is -5.11. The van der Waals surface area contributed by atoms with Gasteiger partial charge >= 0.3 is 5.97 Å². The van der Waals surface area contributed by atoms with Crippen LogP contribution in [0.3, 0.4) is 0 Å². The first kappa shape index (κ1) is 27.9. The van der Waals surface area contributed by atoms with E-state index in [9.17, 15) is 14.4 Å². The van der Waals surface area contributed by atoms with E-state index in [4.69, 9.17) is 14.6 Å². The molecule has 204 valence electrons. The van der Waals surface area contributed by atoms with E-state index in [-0.39, 0.29) is 31.9 Å². The van der Waals surface area contributed by atoms with Crippen LogP contribution < -0.4 is 20.1 Å². The molecule has 0 saturated heterocycles. The van der Waals surface area contributed by atoms with Crippen LogP contribution in [0, 0.1) is 0 Å². The van der Waals surface area contributed by atoms with E-state index in [0.717, 1.165) is 5.56 Å². The van der Waals surface area contributed by atoms with Gasteiger partial charge in [0.25, 0.3) is 11.8 Å². The van der Waals surface area contributed by atoms with E-state index in [1.807, 2.05) is 36.4 Å². The molecule has 4 aromatic rings. The Morgan fingerprint density at radius 2 is 1.43 bits per heavy atom. The van der Waals surface area contributed by atoms with Gasteiger partial charge in [-0.05, 0) is 42.3 Å². The molecule has 0 aromatic heterocycles. The number of carboxylic acids is 1. The highest BCUT2D eigenvalue weighted by molar-refractivity contribution is 6.07. The van der Waals surface area contributed by atoms with Gasteiger partial charge in [0.15, 0.2) is 0 Å². The second kappa shape index (κ2) is 14.2. The molecule has 0 saturated carbocycles. The zero-order chi connectivity index (χ0) is 28.2. The predicted molar refractivity (Wildman–Crippen MR) is 152 cm³/mol. The van der Waals surface area contributed by atoms with E-state index < -0.39 is 11.9 Å². The highest BCUT2D eigenvalue weighted by Crippen LogP contribution is 2.31. The van der Waals surface area contributed by atoms with Crippen LogP contribution in [0.15, 0.2) is 103 Å². The molecule has 8 heteroatoms. The lowest BCUT2D eigenvalue weighted by Gasteiger charge is -2.18. The first-order valence-corrected chi connectivity index (χ1v) is 12.9. The molecule has 0 spiro atoms. The van der Waals surface area contributed by atoms with Crippen LogP contribution in [-0.4, -0.2) is 29.5 Å². The van der Waals surface area contributed by atoms with Gasteiger partial charge in [-0.15, -0.1) is 0 Å². The molecule has 0 bridgehead atoms. The predicted octanol–water partition coefficient (Wildman–Crippen LogP) is 5.69. The third-order valence-corrected chi connectivity index (χ3v) is 5.97. The van der Waals surface area contributed by atoms with Crippen molar-refractivity contribution in [2.24, 2.45) is 0 Å². The number of carboxylic acid groups (broad SMARTS) is 1. The van der Waals surface area contributed by atoms with Gasteiger partial charge in [-0.3, -0.25) is 14.4 Å². The van der Waals surface area contributed by atoms with Crippen LogP contribution in [0.5, 0.6) is 11.5 Å². The number of aliphatic carboxylic acids is 1. The zero-order valence-electron chi connectivity index (χ0n) is 21.8. The Kier molecular flexibility index (Phi) is 9.88. The number of hydrogen-bond donors (Lipinski definition) is 3. The number of anilines is 1. The van der Waals surface area contributed by atoms with Crippen LogP contribution in [0.1, 0.15) is 44.7 Å². The molecular formula is C32H30N2O6. The fourth-order valence-corrected chi connectivity index (χ4v) is 3.96. The molecule has 0 unspecified atom stereocenters. The summed E-state index contributed by atoms with van der Waals surface area (Å²) in [5, 5.41) is 14.8. The minimum Gasteiger partial charge on any atom is -0.491 e. The summed E-state index contributed by atoms with van der Waals surface area (Å²) in [4.78, 5) is 37.0. The highest BCUT2D eigenvalue weighted by Gasteiger charge is 2.18. The number of benzene rings is 4. The quantitative estimate of drug-likeness (QED) is 0.188. The first-order valence-electron chi connectivity index (χ1n) is 12.9. The number of hydrogen-bond acceptors (Lipinski definition) is 5. The largest absolute Gasteiger partial charge is 0.491 e. The molecule has 0 aliphatic heterocycles. The van der Waals surface area contributed by atoms with Crippen molar-refractivity contribution in [3.05, 3.63) is 125 Å². The first-order chi connectivity index (χ1) is 19.5. The van der Waals surface area contributed by atoms with Gasteiger partial charge in [0.2, 0.25) is 0 Å². The summed E-state index contributed by atoms with van der Waals surface area (Å²) in [5.41, 5.74) is 2.86. The maximum Gasteiger partial charge on any atom is 0.303 e. The van der Waals surface area contributed by atoms with Crippen molar-refractivity contribution in [1.82, 2.24) is 5.32 Å². The molecule has 4 rings (SSSR count). The summed E-state index contributed by atoms with van der Waals surface area (Å²) in [6.45, 7) is 0.567. The number of ether oxygens (including phenoxy) is 2. The van der Waals surface area contributed by atoms with Crippen LogP contribution in [0.4, 0.5) is 5.69 Å². The van der Waals surface area contributed by atoms with Gasteiger partial charge in [0.1, 0.15) is 18.1 Å². The number of carbonyl (C=O) groups is 3. The number of para-hydroxylation sites is 2. The molecule has 0 radical (unpaired) electrons. The van der Waals surface area contributed by atoms with Crippen LogP contribution in [0.2, 0.25) is 0 Å². The van der Waals surface area contributed by atoms with Crippen LogP contribution in [0.25, 0.3) is 0 Å². The SMILES string of the molecule is O=C(O)CCCOc1c(CNC(=O)c2ccccc2)cccc1NC(=O)c1ccccc1OCc1ccccc1.